The summed E-state index contributed by atoms with van der Waals surface area (Å²) < 4.78 is 0. The minimum absolute atomic E-state index is 0.542. The van der Waals surface area contributed by atoms with Crippen LogP contribution in [0.5, 0.6) is 0 Å². The smallest absolute Gasteiger partial charge is 0.0456 e. The van der Waals surface area contributed by atoms with Gasteiger partial charge in [-0.3, -0.25) is 0 Å². The fraction of sp³-hybridized carbons (Fsp3) is 0.571. The summed E-state index contributed by atoms with van der Waals surface area (Å²) in [5.41, 5.74) is 8.87. The van der Waals surface area contributed by atoms with E-state index in [4.69, 9.17) is 5.73 Å². The fourth-order valence-electron chi connectivity index (χ4n) is 3.36. The van der Waals surface area contributed by atoms with Gasteiger partial charge in [0.2, 0.25) is 0 Å². The third-order valence-electron chi connectivity index (χ3n) is 4.11. The molecular weight excluding hydrogens is 196 g/mol. The molecule has 3 rings (SSSR count). The lowest BCUT2D eigenvalue weighted by Gasteiger charge is -2.32. The number of nitrogens with two attached hydrogens (primary N) is 1. The molecule has 0 amide bonds. The molecule has 2 N–H and O–H groups in total. The van der Waals surface area contributed by atoms with Crippen LogP contribution in [0.25, 0.3) is 0 Å². The number of rotatable bonds is 2. The number of nitrogens with zero attached hydrogens (tertiary/aromatic N) is 1. The van der Waals surface area contributed by atoms with E-state index in [2.05, 4.69) is 29.2 Å². The Kier molecular flexibility index (Phi) is 2.60. The molecule has 0 saturated heterocycles. The van der Waals surface area contributed by atoms with Crippen molar-refractivity contribution in [1.29, 1.82) is 0 Å². The van der Waals surface area contributed by atoms with Gasteiger partial charge >= 0.3 is 0 Å². The third-order valence-corrected chi connectivity index (χ3v) is 4.11. The SMILES string of the molecule is NCC1Cc2ccccc2N1C1CCCC1. The Labute approximate surface area is 97.4 Å². The average molecular weight is 216 g/mol. The normalized spacial score (nSPS) is 25.1. The molecule has 0 aromatic heterocycles. The van der Waals surface area contributed by atoms with Crippen LogP contribution in [0.1, 0.15) is 31.2 Å². The fourth-order valence-corrected chi connectivity index (χ4v) is 3.36. The van der Waals surface area contributed by atoms with Gasteiger partial charge in [0.05, 0.1) is 0 Å². The van der Waals surface area contributed by atoms with Crippen molar-refractivity contribution in [3.63, 3.8) is 0 Å². The Balaban J connectivity index is 1.94. The zero-order chi connectivity index (χ0) is 11.0. The zero-order valence-corrected chi connectivity index (χ0v) is 9.73. The molecule has 1 aliphatic heterocycles. The quantitative estimate of drug-likeness (QED) is 0.822. The topological polar surface area (TPSA) is 29.3 Å². The number of fused-ring (bicyclic) bond motifs is 1. The molecule has 2 heteroatoms. The summed E-state index contributed by atoms with van der Waals surface area (Å²) in [4.78, 5) is 2.61. The maximum atomic E-state index is 5.93. The first-order valence-electron chi connectivity index (χ1n) is 6.46. The largest absolute Gasteiger partial charge is 0.364 e. The summed E-state index contributed by atoms with van der Waals surface area (Å²) in [6.45, 7) is 0.783. The van der Waals surface area contributed by atoms with Crippen LogP contribution in [0, 0.1) is 0 Å². The summed E-state index contributed by atoms with van der Waals surface area (Å²) in [6, 6.07) is 10.1. The van der Waals surface area contributed by atoms with Crippen LogP contribution in [-0.4, -0.2) is 18.6 Å². The van der Waals surface area contributed by atoms with Gasteiger partial charge in [-0.15, -0.1) is 0 Å². The second-order valence-corrected chi connectivity index (χ2v) is 5.07. The van der Waals surface area contributed by atoms with Crippen molar-refractivity contribution in [3.8, 4) is 0 Å². The van der Waals surface area contributed by atoms with E-state index in [1.54, 1.807) is 0 Å². The molecule has 2 nitrogen and oxygen atoms in total. The molecule has 1 heterocycles. The highest BCUT2D eigenvalue weighted by molar-refractivity contribution is 5.60. The van der Waals surface area contributed by atoms with E-state index in [1.165, 1.54) is 36.9 Å². The van der Waals surface area contributed by atoms with E-state index < -0.39 is 0 Å². The van der Waals surface area contributed by atoms with Crippen LogP contribution in [0.3, 0.4) is 0 Å². The molecule has 1 unspecified atom stereocenters. The molecule has 1 aromatic carbocycles. The summed E-state index contributed by atoms with van der Waals surface area (Å²) in [5, 5.41) is 0. The van der Waals surface area contributed by atoms with Crippen LogP contribution in [0.15, 0.2) is 24.3 Å². The molecule has 0 bridgehead atoms. The first kappa shape index (κ1) is 10.2. The van der Waals surface area contributed by atoms with Crippen LogP contribution in [-0.2, 0) is 6.42 Å². The van der Waals surface area contributed by atoms with E-state index in [9.17, 15) is 0 Å². The number of hydrogen-bond acceptors (Lipinski definition) is 2. The van der Waals surface area contributed by atoms with Gasteiger partial charge in [-0.2, -0.15) is 0 Å². The van der Waals surface area contributed by atoms with Gasteiger partial charge in [0.15, 0.2) is 0 Å². The van der Waals surface area contributed by atoms with Crippen molar-refractivity contribution >= 4 is 5.69 Å². The molecule has 1 atom stereocenters. The van der Waals surface area contributed by atoms with Crippen molar-refractivity contribution in [2.45, 2.75) is 44.2 Å². The zero-order valence-electron chi connectivity index (χ0n) is 9.73. The monoisotopic (exact) mass is 216 g/mol. The van der Waals surface area contributed by atoms with Crippen molar-refractivity contribution in [2.75, 3.05) is 11.4 Å². The Hall–Kier alpha value is -1.02. The van der Waals surface area contributed by atoms with Gasteiger partial charge in [-0.1, -0.05) is 31.0 Å². The number of para-hydroxylation sites is 1. The van der Waals surface area contributed by atoms with E-state index >= 15 is 0 Å². The van der Waals surface area contributed by atoms with Crippen molar-refractivity contribution in [2.24, 2.45) is 5.73 Å². The second kappa shape index (κ2) is 4.10. The van der Waals surface area contributed by atoms with Crippen LogP contribution >= 0.6 is 0 Å². The Morgan fingerprint density at radius 3 is 2.69 bits per heavy atom. The summed E-state index contributed by atoms with van der Waals surface area (Å²) in [5.74, 6) is 0. The Morgan fingerprint density at radius 2 is 1.94 bits per heavy atom. The summed E-state index contributed by atoms with van der Waals surface area (Å²) in [7, 11) is 0. The number of hydrogen-bond donors (Lipinski definition) is 1. The van der Waals surface area contributed by atoms with Gasteiger partial charge < -0.3 is 10.6 Å². The first-order chi connectivity index (χ1) is 7.90. The molecule has 1 fully saturated rings. The third kappa shape index (κ3) is 1.52. The van der Waals surface area contributed by atoms with E-state index in [0.29, 0.717) is 6.04 Å². The molecule has 0 spiro atoms. The number of benzene rings is 1. The van der Waals surface area contributed by atoms with Gasteiger partial charge in [-0.05, 0) is 30.9 Å². The Bertz CT molecular complexity index is 367. The van der Waals surface area contributed by atoms with Gasteiger partial charge in [-0.25, -0.2) is 0 Å². The molecule has 16 heavy (non-hydrogen) atoms. The molecule has 0 radical (unpaired) electrons. The van der Waals surface area contributed by atoms with Gasteiger partial charge in [0.25, 0.3) is 0 Å². The predicted octanol–water partition coefficient (Wildman–Crippen LogP) is 2.32. The molecule has 1 saturated carbocycles. The van der Waals surface area contributed by atoms with Crippen molar-refractivity contribution in [1.82, 2.24) is 0 Å². The van der Waals surface area contributed by atoms with Gasteiger partial charge in [0, 0.05) is 24.3 Å². The molecule has 86 valence electrons. The minimum Gasteiger partial charge on any atom is -0.364 e. The highest BCUT2D eigenvalue weighted by atomic mass is 15.2. The lowest BCUT2D eigenvalue weighted by molar-refractivity contribution is 0.534. The van der Waals surface area contributed by atoms with Gasteiger partial charge in [0.1, 0.15) is 0 Å². The lowest BCUT2D eigenvalue weighted by Crippen LogP contribution is -2.43. The summed E-state index contributed by atoms with van der Waals surface area (Å²) in [6.07, 6.45) is 6.63. The van der Waals surface area contributed by atoms with Crippen molar-refractivity contribution in [3.05, 3.63) is 29.8 Å². The Morgan fingerprint density at radius 1 is 1.19 bits per heavy atom. The van der Waals surface area contributed by atoms with Crippen LogP contribution in [0.4, 0.5) is 5.69 Å². The first-order valence-corrected chi connectivity index (χ1v) is 6.46. The van der Waals surface area contributed by atoms with Crippen LogP contribution in [0.2, 0.25) is 0 Å². The summed E-state index contributed by atoms with van der Waals surface area (Å²) >= 11 is 0. The molecular formula is C14H20N2. The van der Waals surface area contributed by atoms with E-state index in [-0.39, 0.29) is 0 Å². The molecule has 1 aromatic rings. The maximum absolute atomic E-state index is 5.93. The number of anilines is 1. The van der Waals surface area contributed by atoms with E-state index in [0.717, 1.165) is 19.0 Å². The van der Waals surface area contributed by atoms with E-state index in [1.807, 2.05) is 0 Å². The minimum atomic E-state index is 0.542. The maximum Gasteiger partial charge on any atom is 0.0456 e. The predicted molar refractivity (Wildman–Crippen MR) is 67.7 cm³/mol. The molecule has 2 aliphatic rings. The van der Waals surface area contributed by atoms with Crippen molar-refractivity contribution < 1.29 is 0 Å². The highest BCUT2D eigenvalue weighted by Crippen LogP contribution is 2.37. The highest BCUT2D eigenvalue weighted by Gasteiger charge is 2.34. The standard InChI is InChI=1S/C14H20N2/c15-10-13-9-11-5-1-4-8-14(11)16(13)12-6-2-3-7-12/h1,4-5,8,12-13H,2-3,6-7,9-10,15H2. The lowest BCUT2D eigenvalue weighted by atomic mass is 10.1. The second-order valence-electron chi connectivity index (χ2n) is 5.07. The molecule has 1 aliphatic carbocycles. The van der Waals surface area contributed by atoms with Crippen LogP contribution < -0.4 is 10.6 Å². The average Bonchev–Trinajstić information content (AvgIpc) is 2.94.